The first-order valence-corrected chi connectivity index (χ1v) is 10.3. The Bertz CT molecular complexity index is 987. The quantitative estimate of drug-likeness (QED) is 0.304. The molecule has 4 N–H and O–H groups in total. The number of benzene rings is 2. The standard InChI is InChI=1S/C22H24F5N5O/c1-12(2)11-28-21(30-20(33)13-3-5-15(6-4-13)22(25,26)27)29-19-10-18(31-32-19)14-7-16(23)9-17(24)8-14/h3-9,12,18-19,31-32H,10-11H2,1-2H3,(H2,28,29,30,33). The topological polar surface area (TPSA) is 77.5 Å². The van der Waals surface area contributed by atoms with Crippen LogP contribution in [-0.2, 0) is 6.18 Å². The van der Waals surface area contributed by atoms with Gasteiger partial charge in [-0.15, -0.1) is 0 Å². The fourth-order valence-electron chi connectivity index (χ4n) is 3.20. The Morgan fingerprint density at radius 3 is 2.30 bits per heavy atom. The molecule has 178 valence electrons. The lowest BCUT2D eigenvalue weighted by Crippen LogP contribution is -2.50. The zero-order valence-corrected chi connectivity index (χ0v) is 17.9. The summed E-state index contributed by atoms with van der Waals surface area (Å²) in [6, 6.07) is 6.62. The van der Waals surface area contributed by atoms with Gasteiger partial charge in [0.25, 0.3) is 5.91 Å². The molecule has 0 radical (unpaired) electrons. The molecule has 0 saturated carbocycles. The highest BCUT2D eigenvalue weighted by Crippen LogP contribution is 2.29. The molecule has 1 heterocycles. The van der Waals surface area contributed by atoms with Gasteiger partial charge in [0.05, 0.1) is 11.7 Å². The molecule has 11 heteroatoms. The van der Waals surface area contributed by atoms with Gasteiger partial charge < -0.3 is 10.6 Å². The van der Waals surface area contributed by atoms with Crippen LogP contribution < -0.4 is 21.5 Å². The van der Waals surface area contributed by atoms with E-state index in [1.54, 1.807) is 0 Å². The third-order valence-electron chi connectivity index (χ3n) is 4.85. The van der Waals surface area contributed by atoms with Gasteiger partial charge in [-0.25, -0.2) is 19.6 Å². The Kier molecular flexibility index (Phi) is 7.65. The third kappa shape index (κ3) is 6.96. The van der Waals surface area contributed by atoms with Gasteiger partial charge in [-0.1, -0.05) is 13.8 Å². The maximum atomic E-state index is 13.5. The van der Waals surface area contributed by atoms with E-state index in [0.29, 0.717) is 18.5 Å². The van der Waals surface area contributed by atoms with Crippen molar-refractivity contribution in [2.45, 2.75) is 38.7 Å². The van der Waals surface area contributed by atoms with Crippen LogP contribution >= 0.6 is 0 Å². The van der Waals surface area contributed by atoms with Crippen molar-refractivity contribution in [1.29, 1.82) is 0 Å². The van der Waals surface area contributed by atoms with Crippen LogP contribution in [0, 0.1) is 17.6 Å². The molecule has 6 nitrogen and oxygen atoms in total. The van der Waals surface area contributed by atoms with Crippen LogP contribution in [0.3, 0.4) is 0 Å². The van der Waals surface area contributed by atoms with Crippen LogP contribution in [0.4, 0.5) is 22.0 Å². The molecule has 1 fully saturated rings. The van der Waals surface area contributed by atoms with E-state index in [1.807, 2.05) is 13.8 Å². The Balaban J connectivity index is 1.71. The molecule has 2 aromatic rings. The molecule has 33 heavy (non-hydrogen) atoms. The number of amides is 1. The minimum Gasteiger partial charge on any atom is -0.356 e. The summed E-state index contributed by atoms with van der Waals surface area (Å²) in [6.45, 7) is 4.38. The Labute approximate surface area is 187 Å². The zero-order valence-electron chi connectivity index (χ0n) is 17.9. The molecule has 1 saturated heterocycles. The van der Waals surface area contributed by atoms with Gasteiger partial charge in [0.15, 0.2) is 0 Å². The largest absolute Gasteiger partial charge is 0.416 e. The van der Waals surface area contributed by atoms with Gasteiger partial charge in [0, 0.05) is 30.6 Å². The van der Waals surface area contributed by atoms with E-state index < -0.39 is 41.5 Å². The van der Waals surface area contributed by atoms with Crippen molar-refractivity contribution in [2.24, 2.45) is 10.9 Å². The lowest BCUT2D eigenvalue weighted by atomic mass is 10.0. The number of aliphatic imine (C=N–C) groups is 1. The number of rotatable bonds is 5. The number of nitrogens with zero attached hydrogens (tertiary/aromatic N) is 1. The van der Waals surface area contributed by atoms with Crippen LogP contribution in [0.15, 0.2) is 47.5 Å². The molecule has 1 aliphatic heterocycles. The summed E-state index contributed by atoms with van der Waals surface area (Å²) in [5.41, 5.74) is 5.42. The fourth-order valence-corrected chi connectivity index (χ4v) is 3.20. The van der Waals surface area contributed by atoms with Crippen molar-refractivity contribution in [1.82, 2.24) is 21.5 Å². The van der Waals surface area contributed by atoms with E-state index in [-0.39, 0.29) is 17.4 Å². The molecule has 0 aliphatic carbocycles. The molecule has 3 rings (SSSR count). The summed E-state index contributed by atoms with van der Waals surface area (Å²) >= 11 is 0. The SMILES string of the molecule is CC(C)CN/C(=N/C(=O)c1ccc(C(F)(F)F)cc1)NC1CC(c2cc(F)cc(F)c2)NN1. The van der Waals surface area contributed by atoms with Gasteiger partial charge in [-0.05, 0) is 47.9 Å². The highest BCUT2D eigenvalue weighted by molar-refractivity contribution is 6.02. The number of carbonyl (C=O) groups excluding carboxylic acids is 1. The Morgan fingerprint density at radius 1 is 1.09 bits per heavy atom. The first-order chi connectivity index (χ1) is 15.5. The summed E-state index contributed by atoms with van der Waals surface area (Å²) in [6.07, 6.45) is -4.57. The monoisotopic (exact) mass is 469 g/mol. The van der Waals surface area contributed by atoms with Gasteiger partial charge in [0.1, 0.15) is 11.6 Å². The minimum atomic E-state index is -4.50. The summed E-state index contributed by atoms with van der Waals surface area (Å²) in [4.78, 5) is 16.5. The van der Waals surface area contributed by atoms with Crippen LogP contribution in [0.25, 0.3) is 0 Å². The van der Waals surface area contributed by atoms with E-state index in [1.165, 1.54) is 12.1 Å². The summed E-state index contributed by atoms with van der Waals surface area (Å²) in [5, 5.41) is 6.02. The molecule has 0 aromatic heterocycles. The van der Waals surface area contributed by atoms with Crippen molar-refractivity contribution in [2.75, 3.05) is 6.54 Å². The van der Waals surface area contributed by atoms with Crippen LogP contribution in [-0.4, -0.2) is 24.6 Å². The normalized spacial score (nSPS) is 19.1. The van der Waals surface area contributed by atoms with E-state index >= 15 is 0 Å². The number of hydrogen-bond acceptors (Lipinski definition) is 3. The van der Waals surface area contributed by atoms with E-state index in [9.17, 15) is 26.7 Å². The second-order valence-corrected chi connectivity index (χ2v) is 8.09. The number of halogens is 5. The molecule has 2 unspecified atom stereocenters. The van der Waals surface area contributed by atoms with E-state index in [0.717, 1.165) is 30.3 Å². The molecule has 0 spiro atoms. The average molecular weight is 469 g/mol. The maximum Gasteiger partial charge on any atom is 0.416 e. The van der Waals surface area contributed by atoms with Gasteiger partial charge in [-0.2, -0.15) is 18.2 Å². The second-order valence-electron chi connectivity index (χ2n) is 8.09. The van der Waals surface area contributed by atoms with E-state index in [4.69, 9.17) is 0 Å². The molecule has 2 atom stereocenters. The fraction of sp³-hybridized carbons (Fsp3) is 0.364. The van der Waals surface area contributed by atoms with Crippen molar-refractivity contribution in [3.63, 3.8) is 0 Å². The van der Waals surface area contributed by atoms with Gasteiger partial charge >= 0.3 is 6.18 Å². The Morgan fingerprint density at radius 2 is 1.73 bits per heavy atom. The summed E-state index contributed by atoms with van der Waals surface area (Å²) < 4.78 is 65.3. The number of hydrazine groups is 1. The minimum absolute atomic E-state index is 0.000680. The third-order valence-corrected chi connectivity index (χ3v) is 4.85. The van der Waals surface area contributed by atoms with Crippen molar-refractivity contribution < 1.29 is 26.7 Å². The summed E-state index contributed by atoms with van der Waals surface area (Å²) in [7, 11) is 0. The maximum absolute atomic E-state index is 13.5. The van der Waals surface area contributed by atoms with Gasteiger partial charge in [-0.3, -0.25) is 4.79 Å². The first-order valence-electron chi connectivity index (χ1n) is 10.3. The first kappa shape index (κ1) is 24.6. The Hall–Kier alpha value is -3.05. The van der Waals surface area contributed by atoms with Crippen LogP contribution in [0.1, 0.15) is 47.8 Å². The lowest BCUT2D eigenvalue weighted by Gasteiger charge is -2.18. The van der Waals surface area contributed by atoms with Crippen molar-refractivity contribution in [3.8, 4) is 0 Å². The molecular formula is C22H24F5N5O. The number of alkyl halides is 3. The average Bonchev–Trinajstić information content (AvgIpc) is 3.19. The zero-order chi connectivity index (χ0) is 24.2. The van der Waals surface area contributed by atoms with Crippen molar-refractivity contribution in [3.05, 3.63) is 70.8 Å². The number of guanidine groups is 1. The predicted molar refractivity (Wildman–Crippen MR) is 113 cm³/mol. The highest BCUT2D eigenvalue weighted by Gasteiger charge is 2.30. The van der Waals surface area contributed by atoms with E-state index in [2.05, 4.69) is 26.5 Å². The van der Waals surface area contributed by atoms with Gasteiger partial charge in [0.2, 0.25) is 5.96 Å². The highest BCUT2D eigenvalue weighted by atomic mass is 19.4. The number of carbonyl (C=O) groups is 1. The molecule has 0 bridgehead atoms. The van der Waals surface area contributed by atoms with Crippen LogP contribution in [0.2, 0.25) is 0 Å². The smallest absolute Gasteiger partial charge is 0.356 e. The molecule has 1 amide bonds. The second kappa shape index (κ2) is 10.3. The molecule has 1 aliphatic rings. The summed E-state index contributed by atoms with van der Waals surface area (Å²) in [5.74, 6) is -1.76. The number of nitrogens with one attached hydrogen (secondary N) is 4. The van der Waals surface area contributed by atoms with Crippen molar-refractivity contribution >= 4 is 11.9 Å². The number of hydrogen-bond donors (Lipinski definition) is 4. The molecule has 2 aromatic carbocycles. The molecular weight excluding hydrogens is 445 g/mol. The lowest BCUT2D eigenvalue weighted by molar-refractivity contribution is -0.137. The van der Waals surface area contributed by atoms with Crippen LogP contribution in [0.5, 0.6) is 0 Å². The predicted octanol–water partition coefficient (Wildman–Crippen LogP) is 3.88.